The van der Waals surface area contributed by atoms with Crippen LogP contribution in [-0.2, 0) is 6.42 Å². The lowest BCUT2D eigenvalue weighted by atomic mass is 9.96. The van der Waals surface area contributed by atoms with E-state index >= 15 is 0 Å². The molecule has 1 aliphatic carbocycles. The smallest absolute Gasteiger partial charge is 0.103 e. The standard InChI is InChI=1S/C7H12N4/c1-8-5-3-2-4-6-7(5)10-11-9-6/h5,8H,2-4H2,1H3,(H,9,10,11). The number of aromatic nitrogens is 3. The molecule has 0 spiro atoms. The van der Waals surface area contributed by atoms with Crippen molar-refractivity contribution < 1.29 is 0 Å². The maximum Gasteiger partial charge on any atom is 0.103 e. The monoisotopic (exact) mass is 152 g/mol. The SMILES string of the molecule is CNC1CCCc2n[nH]nc21. The van der Waals surface area contributed by atoms with Crippen molar-refractivity contribution in [3.63, 3.8) is 0 Å². The predicted octanol–water partition coefficient (Wildman–Crippen LogP) is 0.401. The Kier molecular flexibility index (Phi) is 1.62. The molecule has 1 aliphatic rings. The molecule has 4 heteroatoms. The van der Waals surface area contributed by atoms with E-state index in [1.54, 1.807) is 0 Å². The Bertz CT molecular complexity index is 242. The number of aryl methyl sites for hydroxylation is 1. The van der Waals surface area contributed by atoms with Gasteiger partial charge in [-0.25, -0.2) is 0 Å². The summed E-state index contributed by atoms with van der Waals surface area (Å²) in [4.78, 5) is 0. The number of H-pyrrole nitrogens is 1. The Morgan fingerprint density at radius 3 is 3.27 bits per heavy atom. The highest BCUT2D eigenvalue weighted by atomic mass is 15.3. The van der Waals surface area contributed by atoms with Crippen LogP contribution in [0.3, 0.4) is 0 Å². The largest absolute Gasteiger partial charge is 0.312 e. The van der Waals surface area contributed by atoms with Gasteiger partial charge >= 0.3 is 0 Å². The Balaban J connectivity index is 2.32. The molecule has 1 aromatic heterocycles. The van der Waals surface area contributed by atoms with Crippen molar-refractivity contribution in [2.45, 2.75) is 25.3 Å². The summed E-state index contributed by atoms with van der Waals surface area (Å²) in [5.41, 5.74) is 2.24. The van der Waals surface area contributed by atoms with Crippen LogP contribution in [0.2, 0.25) is 0 Å². The third kappa shape index (κ3) is 1.03. The lowest BCUT2D eigenvalue weighted by molar-refractivity contribution is 0.483. The fraction of sp³-hybridized carbons (Fsp3) is 0.714. The van der Waals surface area contributed by atoms with Crippen molar-refractivity contribution in [3.05, 3.63) is 11.4 Å². The summed E-state index contributed by atoms with van der Waals surface area (Å²) in [7, 11) is 1.97. The average molecular weight is 152 g/mol. The third-order valence-electron chi connectivity index (χ3n) is 2.24. The number of nitrogens with zero attached hydrogens (tertiary/aromatic N) is 2. The van der Waals surface area contributed by atoms with Gasteiger partial charge in [0.1, 0.15) is 5.69 Å². The van der Waals surface area contributed by atoms with Crippen molar-refractivity contribution in [3.8, 4) is 0 Å². The molecule has 0 saturated carbocycles. The molecule has 1 unspecified atom stereocenters. The average Bonchev–Trinajstić information content (AvgIpc) is 2.50. The quantitative estimate of drug-likeness (QED) is 0.612. The van der Waals surface area contributed by atoms with Gasteiger partial charge in [-0.3, -0.25) is 0 Å². The topological polar surface area (TPSA) is 53.6 Å². The van der Waals surface area contributed by atoms with Gasteiger partial charge in [-0.2, -0.15) is 15.4 Å². The summed E-state index contributed by atoms with van der Waals surface area (Å²) in [6.45, 7) is 0. The third-order valence-corrected chi connectivity index (χ3v) is 2.24. The molecule has 0 fully saturated rings. The lowest BCUT2D eigenvalue weighted by Gasteiger charge is -2.18. The molecule has 0 saturated heterocycles. The van der Waals surface area contributed by atoms with Gasteiger partial charge in [0.05, 0.1) is 11.7 Å². The van der Waals surface area contributed by atoms with Crippen LogP contribution >= 0.6 is 0 Å². The molecule has 1 heterocycles. The van der Waals surface area contributed by atoms with Crippen LogP contribution in [0.5, 0.6) is 0 Å². The van der Waals surface area contributed by atoms with Crippen LogP contribution in [0.25, 0.3) is 0 Å². The van der Waals surface area contributed by atoms with E-state index < -0.39 is 0 Å². The molecule has 0 bridgehead atoms. The number of hydrogen-bond donors (Lipinski definition) is 2. The van der Waals surface area contributed by atoms with Crippen molar-refractivity contribution in [1.82, 2.24) is 20.7 Å². The van der Waals surface area contributed by atoms with E-state index in [4.69, 9.17) is 0 Å². The van der Waals surface area contributed by atoms with Crippen LogP contribution in [-0.4, -0.2) is 22.5 Å². The van der Waals surface area contributed by atoms with Crippen molar-refractivity contribution in [1.29, 1.82) is 0 Å². The lowest BCUT2D eigenvalue weighted by Crippen LogP contribution is -2.21. The molecule has 0 aliphatic heterocycles. The van der Waals surface area contributed by atoms with E-state index in [1.165, 1.54) is 12.8 Å². The Hall–Kier alpha value is -0.900. The summed E-state index contributed by atoms with van der Waals surface area (Å²) in [5, 5.41) is 14.1. The number of aromatic amines is 1. The van der Waals surface area contributed by atoms with E-state index in [2.05, 4.69) is 20.7 Å². The normalized spacial score (nSPS) is 23.2. The van der Waals surface area contributed by atoms with E-state index in [0.29, 0.717) is 6.04 Å². The van der Waals surface area contributed by atoms with E-state index in [9.17, 15) is 0 Å². The van der Waals surface area contributed by atoms with Gasteiger partial charge < -0.3 is 5.32 Å². The molecule has 0 amide bonds. The zero-order valence-corrected chi connectivity index (χ0v) is 6.59. The summed E-state index contributed by atoms with van der Waals surface area (Å²) in [5.74, 6) is 0. The molecule has 0 radical (unpaired) electrons. The summed E-state index contributed by atoms with van der Waals surface area (Å²) in [6, 6.07) is 0.414. The Morgan fingerprint density at radius 2 is 2.45 bits per heavy atom. The van der Waals surface area contributed by atoms with Gasteiger partial charge in [0, 0.05) is 0 Å². The van der Waals surface area contributed by atoms with E-state index in [0.717, 1.165) is 17.8 Å². The molecule has 4 nitrogen and oxygen atoms in total. The van der Waals surface area contributed by atoms with Crippen LogP contribution < -0.4 is 5.32 Å². The molecule has 11 heavy (non-hydrogen) atoms. The second-order valence-corrected chi connectivity index (χ2v) is 2.89. The fourth-order valence-electron chi connectivity index (χ4n) is 1.62. The van der Waals surface area contributed by atoms with E-state index in [1.807, 2.05) is 7.05 Å². The fourth-order valence-corrected chi connectivity index (χ4v) is 1.62. The molecule has 1 atom stereocenters. The number of fused-ring (bicyclic) bond motifs is 1. The molecular weight excluding hydrogens is 140 g/mol. The minimum absolute atomic E-state index is 0.414. The van der Waals surface area contributed by atoms with Crippen LogP contribution in [0.15, 0.2) is 0 Å². The predicted molar refractivity (Wildman–Crippen MR) is 41.1 cm³/mol. The minimum atomic E-state index is 0.414. The first kappa shape index (κ1) is 6.79. The number of hydrogen-bond acceptors (Lipinski definition) is 3. The van der Waals surface area contributed by atoms with Crippen LogP contribution in [0.1, 0.15) is 30.3 Å². The maximum atomic E-state index is 4.11. The first-order valence-electron chi connectivity index (χ1n) is 3.98. The second kappa shape index (κ2) is 2.62. The van der Waals surface area contributed by atoms with Crippen LogP contribution in [0.4, 0.5) is 0 Å². The highest BCUT2D eigenvalue weighted by Gasteiger charge is 2.21. The van der Waals surface area contributed by atoms with Gasteiger partial charge in [0.25, 0.3) is 0 Å². The zero-order chi connectivity index (χ0) is 7.68. The number of nitrogens with one attached hydrogen (secondary N) is 2. The zero-order valence-electron chi connectivity index (χ0n) is 6.59. The van der Waals surface area contributed by atoms with Crippen LogP contribution in [0, 0.1) is 0 Å². The van der Waals surface area contributed by atoms with Crippen molar-refractivity contribution in [2.24, 2.45) is 0 Å². The minimum Gasteiger partial charge on any atom is -0.312 e. The van der Waals surface area contributed by atoms with Gasteiger partial charge in [0.15, 0.2) is 0 Å². The number of rotatable bonds is 1. The molecule has 0 aromatic carbocycles. The molecule has 60 valence electrons. The Morgan fingerprint density at radius 1 is 1.55 bits per heavy atom. The van der Waals surface area contributed by atoms with Gasteiger partial charge in [-0.15, -0.1) is 0 Å². The maximum absolute atomic E-state index is 4.11. The summed E-state index contributed by atoms with van der Waals surface area (Å²) in [6.07, 6.45) is 3.46. The first-order chi connectivity index (χ1) is 5.42. The van der Waals surface area contributed by atoms with Crippen molar-refractivity contribution in [2.75, 3.05) is 7.05 Å². The van der Waals surface area contributed by atoms with Gasteiger partial charge in [-0.1, -0.05) is 0 Å². The second-order valence-electron chi connectivity index (χ2n) is 2.89. The summed E-state index contributed by atoms with van der Waals surface area (Å²) >= 11 is 0. The van der Waals surface area contributed by atoms with Gasteiger partial charge in [-0.05, 0) is 26.3 Å². The molecule has 2 N–H and O–H groups in total. The molecule has 1 aromatic rings. The highest BCUT2D eigenvalue weighted by Crippen LogP contribution is 2.25. The highest BCUT2D eigenvalue weighted by molar-refractivity contribution is 5.16. The molecule has 2 rings (SSSR count). The van der Waals surface area contributed by atoms with E-state index in [-0.39, 0.29) is 0 Å². The summed E-state index contributed by atoms with van der Waals surface area (Å²) < 4.78 is 0. The molecular formula is C7H12N4. The Labute approximate surface area is 65.4 Å². The first-order valence-corrected chi connectivity index (χ1v) is 3.98. The van der Waals surface area contributed by atoms with Crippen molar-refractivity contribution >= 4 is 0 Å². The van der Waals surface area contributed by atoms with Gasteiger partial charge in [0.2, 0.25) is 0 Å².